The van der Waals surface area contributed by atoms with Gasteiger partial charge >= 0.3 is 23.9 Å². The van der Waals surface area contributed by atoms with Crippen molar-refractivity contribution in [2.75, 3.05) is 0 Å². The maximum Gasteiger partial charge on any atom is 0.317 e. The largest absolute Gasteiger partial charge is 0.481 e. The third-order valence-corrected chi connectivity index (χ3v) is 7.58. The Morgan fingerprint density at radius 3 is 1.24 bits per heavy atom. The highest BCUT2D eigenvalue weighted by Crippen LogP contribution is 2.42. The average molecular weight is 471 g/mol. The second-order valence-electron chi connectivity index (χ2n) is 9.95. The fraction of sp³-hybridized carbons (Fsp3) is 0.840. The van der Waals surface area contributed by atoms with Crippen molar-refractivity contribution in [2.24, 2.45) is 35.5 Å². The molecule has 0 aromatic heterocycles. The number of carbonyl (C=O) groups is 4. The quantitative estimate of drug-likeness (QED) is 0.137. The van der Waals surface area contributed by atoms with E-state index in [9.17, 15) is 19.2 Å². The second-order valence-corrected chi connectivity index (χ2v) is 9.95. The summed E-state index contributed by atoms with van der Waals surface area (Å²) >= 11 is 0. The molecule has 0 amide bonds. The molecule has 8 heteroatoms. The molecule has 1 rings (SSSR count). The van der Waals surface area contributed by atoms with Crippen LogP contribution in [0.4, 0.5) is 0 Å². The van der Waals surface area contributed by atoms with Crippen LogP contribution >= 0.6 is 0 Å². The van der Waals surface area contributed by atoms with Gasteiger partial charge < -0.3 is 20.4 Å². The Morgan fingerprint density at radius 2 is 0.939 bits per heavy atom. The lowest BCUT2D eigenvalue weighted by molar-refractivity contribution is -0.156. The highest BCUT2D eigenvalue weighted by molar-refractivity contribution is 5.93. The molecule has 0 aliphatic heterocycles. The summed E-state index contributed by atoms with van der Waals surface area (Å²) < 4.78 is 0. The first kappa shape index (κ1) is 28.9. The number of carboxylic acid groups (broad SMARTS) is 4. The van der Waals surface area contributed by atoms with E-state index in [1.54, 1.807) is 0 Å². The molecule has 1 saturated carbocycles. The van der Waals surface area contributed by atoms with E-state index in [-0.39, 0.29) is 12.8 Å². The Morgan fingerprint density at radius 1 is 0.606 bits per heavy atom. The van der Waals surface area contributed by atoms with E-state index in [0.29, 0.717) is 36.5 Å². The third-order valence-electron chi connectivity index (χ3n) is 7.58. The molecular formula is C25H42O8. The van der Waals surface area contributed by atoms with Crippen molar-refractivity contribution < 1.29 is 39.6 Å². The van der Waals surface area contributed by atoms with Crippen LogP contribution in [0.3, 0.4) is 0 Å². The van der Waals surface area contributed by atoms with Crippen LogP contribution in [0.5, 0.6) is 0 Å². The Bertz CT molecular complexity index is 564. The predicted octanol–water partition coefficient (Wildman–Crippen LogP) is 5.15. The molecule has 4 unspecified atom stereocenters. The molecule has 1 fully saturated rings. The van der Waals surface area contributed by atoms with Crippen LogP contribution in [0.1, 0.15) is 97.3 Å². The molecule has 0 aromatic rings. The van der Waals surface area contributed by atoms with Crippen molar-refractivity contribution in [3.63, 3.8) is 0 Å². The number of hydrogen-bond acceptors (Lipinski definition) is 4. The van der Waals surface area contributed by atoms with E-state index in [1.807, 2.05) is 0 Å². The van der Waals surface area contributed by atoms with E-state index in [2.05, 4.69) is 13.8 Å². The van der Waals surface area contributed by atoms with Gasteiger partial charge in [0.1, 0.15) is 0 Å². The average Bonchev–Trinajstić information content (AvgIpc) is 2.84. The molecule has 1 aliphatic carbocycles. The predicted molar refractivity (Wildman–Crippen MR) is 123 cm³/mol. The van der Waals surface area contributed by atoms with Crippen LogP contribution in [-0.2, 0) is 19.2 Å². The van der Waals surface area contributed by atoms with Gasteiger partial charge in [-0.1, -0.05) is 71.6 Å². The second kappa shape index (κ2) is 14.9. The van der Waals surface area contributed by atoms with Crippen molar-refractivity contribution in [3.05, 3.63) is 0 Å². The molecule has 4 N–H and O–H groups in total. The van der Waals surface area contributed by atoms with Crippen LogP contribution in [0.2, 0.25) is 0 Å². The zero-order chi connectivity index (χ0) is 25.0. The summed E-state index contributed by atoms with van der Waals surface area (Å²) in [6.45, 7) is 4.62. The molecule has 33 heavy (non-hydrogen) atoms. The Balaban J connectivity index is 2.52. The molecule has 0 radical (unpaired) electrons. The van der Waals surface area contributed by atoms with Crippen molar-refractivity contribution in [1.82, 2.24) is 0 Å². The number of rotatable bonds is 16. The summed E-state index contributed by atoms with van der Waals surface area (Å²) in [4.78, 5) is 44.1. The van der Waals surface area contributed by atoms with Crippen LogP contribution in [-0.4, -0.2) is 44.3 Å². The van der Waals surface area contributed by atoms with Crippen LogP contribution in [0.25, 0.3) is 0 Å². The summed E-state index contributed by atoms with van der Waals surface area (Å²) in [5, 5.41) is 36.0. The van der Waals surface area contributed by atoms with E-state index in [0.717, 1.165) is 38.5 Å². The molecule has 4 atom stereocenters. The fourth-order valence-electron chi connectivity index (χ4n) is 5.55. The van der Waals surface area contributed by atoms with Crippen molar-refractivity contribution in [1.29, 1.82) is 0 Å². The monoisotopic (exact) mass is 470 g/mol. The van der Waals surface area contributed by atoms with Gasteiger partial charge in [0.15, 0.2) is 11.8 Å². The first-order valence-electron chi connectivity index (χ1n) is 12.5. The van der Waals surface area contributed by atoms with Gasteiger partial charge in [-0.3, -0.25) is 19.2 Å². The van der Waals surface area contributed by atoms with Crippen LogP contribution in [0.15, 0.2) is 0 Å². The maximum absolute atomic E-state index is 11.0. The topological polar surface area (TPSA) is 149 Å². The first-order valence-corrected chi connectivity index (χ1v) is 12.5. The van der Waals surface area contributed by atoms with Crippen LogP contribution in [0, 0.1) is 35.5 Å². The highest BCUT2D eigenvalue weighted by Gasteiger charge is 2.33. The van der Waals surface area contributed by atoms with Gasteiger partial charge in [-0.2, -0.15) is 0 Å². The molecule has 0 bridgehead atoms. The molecule has 0 saturated heterocycles. The zero-order valence-corrected chi connectivity index (χ0v) is 20.1. The van der Waals surface area contributed by atoms with E-state index in [4.69, 9.17) is 20.4 Å². The number of aliphatic carboxylic acids is 4. The van der Waals surface area contributed by atoms with E-state index < -0.39 is 35.7 Å². The zero-order valence-electron chi connectivity index (χ0n) is 20.1. The van der Waals surface area contributed by atoms with Crippen molar-refractivity contribution >= 4 is 23.9 Å². The van der Waals surface area contributed by atoms with Gasteiger partial charge in [-0.25, -0.2) is 0 Å². The number of unbranched alkanes of at least 4 members (excludes halogenated alkanes) is 4. The van der Waals surface area contributed by atoms with E-state index in [1.165, 1.54) is 19.3 Å². The smallest absolute Gasteiger partial charge is 0.317 e. The first-order chi connectivity index (χ1) is 15.6. The minimum Gasteiger partial charge on any atom is -0.481 e. The van der Waals surface area contributed by atoms with Gasteiger partial charge in [0.05, 0.1) is 0 Å². The number of carboxylic acids is 4. The Hall–Kier alpha value is -2.12. The summed E-state index contributed by atoms with van der Waals surface area (Å²) in [5.41, 5.74) is 0. The lowest BCUT2D eigenvalue weighted by Crippen LogP contribution is -2.25. The lowest BCUT2D eigenvalue weighted by atomic mass is 9.72. The van der Waals surface area contributed by atoms with E-state index >= 15 is 0 Å². The van der Waals surface area contributed by atoms with Crippen LogP contribution < -0.4 is 0 Å². The summed E-state index contributed by atoms with van der Waals surface area (Å²) in [5.74, 6) is -5.38. The molecule has 8 nitrogen and oxygen atoms in total. The normalized spacial score (nSPS) is 23.4. The van der Waals surface area contributed by atoms with Crippen molar-refractivity contribution in [2.45, 2.75) is 97.3 Å². The Labute approximate surface area is 196 Å². The SMILES string of the molecule is CC1CCCC(C)C(CCCCCC(C(=O)O)C(=O)O)C1CCCCCC(C(=O)O)C(=O)O. The maximum atomic E-state index is 11.0. The van der Waals surface area contributed by atoms with Gasteiger partial charge in [0, 0.05) is 0 Å². The minimum atomic E-state index is -1.32. The molecule has 1 aliphatic rings. The minimum absolute atomic E-state index is 0.165. The summed E-state index contributed by atoms with van der Waals surface area (Å²) in [6.07, 6.45) is 10.8. The highest BCUT2D eigenvalue weighted by atomic mass is 16.4. The van der Waals surface area contributed by atoms with Crippen molar-refractivity contribution in [3.8, 4) is 0 Å². The molecule has 190 valence electrons. The summed E-state index contributed by atoms with van der Waals surface area (Å²) in [6, 6.07) is 0. The molecule has 0 heterocycles. The number of hydrogen-bond donors (Lipinski definition) is 4. The molecular weight excluding hydrogens is 428 g/mol. The van der Waals surface area contributed by atoms with Gasteiger partial charge in [0.25, 0.3) is 0 Å². The molecule has 0 aromatic carbocycles. The lowest BCUT2D eigenvalue weighted by Gasteiger charge is -2.33. The van der Waals surface area contributed by atoms with Gasteiger partial charge in [0.2, 0.25) is 0 Å². The fourth-order valence-corrected chi connectivity index (χ4v) is 5.55. The molecule has 0 spiro atoms. The van der Waals surface area contributed by atoms with Gasteiger partial charge in [-0.15, -0.1) is 0 Å². The standard InChI is InChI=1S/C25H42O8/c1-16-10-9-11-17(2)19(13-6-4-8-15-21(24(30)31)25(32)33)18(16)12-5-3-7-14-20(22(26)27)23(28)29/h16-21H,3-15H2,1-2H3,(H,26,27)(H,28,29)(H,30,31)(H,32,33). The van der Waals surface area contributed by atoms with Gasteiger partial charge in [-0.05, 0) is 49.4 Å². The summed E-state index contributed by atoms with van der Waals surface area (Å²) in [7, 11) is 0. The Kier molecular flexibility index (Phi) is 13.1. The third kappa shape index (κ3) is 10.1.